The van der Waals surface area contributed by atoms with Crippen LogP contribution in [-0.2, 0) is 4.57 Å². The summed E-state index contributed by atoms with van der Waals surface area (Å²) in [4.78, 5) is 4.35. The summed E-state index contributed by atoms with van der Waals surface area (Å²) < 4.78 is 40.4. The van der Waals surface area contributed by atoms with E-state index < -0.39 is 19.2 Å². The Morgan fingerprint density at radius 2 is 1.28 bits per heavy atom. The molecule has 4 rings (SSSR count). The Bertz CT molecular complexity index is 1160. The van der Waals surface area contributed by atoms with Crippen molar-refractivity contribution in [3.8, 4) is 11.5 Å². The van der Waals surface area contributed by atoms with Gasteiger partial charge in [-0.1, -0.05) is 54.6 Å². The Morgan fingerprint density at radius 1 is 0.781 bits per heavy atom. The van der Waals surface area contributed by atoms with E-state index in [0.29, 0.717) is 22.9 Å². The second-order valence-electron chi connectivity index (χ2n) is 7.06. The zero-order valence-electron chi connectivity index (χ0n) is 17.4. The number of aryl methyl sites for hydroxylation is 1. The number of aromatic nitrogens is 1. The van der Waals surface area contributed by atoms with Gasteiger partial charge in [0.2, 0.25) is 0 Å². The summed E-state index contributed by atoms with van der Waals surface area (Å²) in [5, 5.41) is 3.23. The topological polar surface area (TPSA) is 60.5 Å². The number of pyridine rings is 1. The molecule has 1 unspecified atom stereocenters. The molecule has 4 aromatic rings. The molecule has 0 amide bonds. The molecular weight excluding hydrogens is 426 g/mol. The van der Waals surface area contributed by atoms with Crippen LogP contribution >= 0.6 is 7.60 Å². The Hall–Kier alpha value is -3.63. The average Bonchev–Trinajstić information content (AvgIpc) is 2.81. The zero-order valence-corrected chi connectivity index (χ0v) is 18.3. The van der Waals surface area contributed by atoms with Gasteiger partial charge in [0.1, 0.15) is 17.3 Å². The average molecular weight is 448 g/mol. The highest BCUT2D eigenvalue weighted by Gasteiger charge is 2.42. The number of rotatable bonds is 8. The lowest BCUT2D eigenvalue weighted by Gasteiger charge is -2.28. The van der Waals surface area contributed by atoms with E-state index in [1.54, 1.807) is 55.5 Å². The van der Waals surface area contributed by atoms with Crippen molar-refractivity contribution in [1.82, 2.24) is 4.98 Å². The van der Waals surface area contributed by atoms with Gasteiger partial charge in [-0.25, -0.2) is 8.96 Å². The SMILES string of the molecule is Cc1nc(C(Nc2ccccc2)P(=O)(Oc2ccccc2)Oc2ccccc2)ccc1F. The van der Waals surface area contributed by atoms with Crippen molar-refractivity contribution in [2.75, 3.05) is 5.32 Å². The maximum Gasteiger partial charge on any atom is 0.459 e. The summed E-state index contributed by atoms with van der Waals surface area (Å²) in [6.07, 6.45) is 0. The van der Waals surface area contributed by atoms with Crippen LogP contribution in [0.15, 0.2) is 103 Å². The van der Waals surface area contributed by atoms with Gasteiger partial charge in [-0.2, -0.15) is 0 Å². The molecule has 32 heavy (non-hydrogen) atoms. The Balaban J connectivity index is 1.82. The number of hydrogen-bond donors (Lipinski definition) is 1. The normalized spacial score (nSPS) is 12.1. The van der Waals surface area contributed by atoms with Crippen LogP contribution in [0.1, 0.15) is 17.2 Å². The highest BCUT2D eigenvalue weighted by atomic mass is 31.2. The molecule has 1 atom stereocenters. The number of halogens is 1. The van der Waals surface area contributed by atoms with Crippen LogP contribution in [0, 0.1) is 12.7 Å². The van der Waals surface area contributed by atoms with Crippen LogP contribution in [0.4, 0.5) is 10.1 Å². The van der Waals surface area contributed by atoms with Crippen LogP contribution in [0.25, 0.3) is 0 Å². The molecular formula is C25H22FN2O3P. The quantitative estimate of drug-likeness (QED) is 0.294. The van der Waals surface area contributed by atoms with E-state index in [9.17, 15) is 8.96 Å². The van der Waals surface area contributed by atoms with Crippen LogP contribution < -0.4 is 14.4 Å². The number of para-hydroxylation sites is 3. The first kappa shape index (κ1) is 21.6. The monoisotopic (exact) mass is 448 g/mol. The molecule has 0 radical (unpaired) electrons. The van der Waals surface area contributed by atoms with E-state index in [2.05, 4.69) is 10.3 Å². The fourth-order valence-corrected chi connectivity index (χ4v) is 4.96. The molecule has 5 nitrogen and oxygen atoms in total. The Labute approximate surface area is 186 Å². The van der Waals surface area contributed by atoms with E-state index >= 15 is 0 Å². The minimum Gasteiger partial charge on any atom is -0.414 e. The van der Waals surface area contributed by atoms with Gasteiger partial charge in [-0.05, 0) is 55.5 Å². The fourth-order valence-electron chi connectivity index (χ4n) is 3.10. The van der Waals surface area contributed by atoms with Gasteiger partial charge in [0.25, 0.3) is 0 Å². The standard InChI is InChI=1S/C25H22FN2O3P/c1-19-23(26)17-18-24(27-19)25(28-20-11-5-2-6-12-20)32(29,30-21-13-7-3-8-14-21)31-22-15-9-4-10-16-22/h2-18,25,28H,1H3. The predicted octanol–water partition coefficient (Wildman–Crippen LogP) is 6.99. The van der Waals surface area contributed by atoms with Crippen LogP contribution in [-0.4, -0.2) is 4.98 Å². The van der Waals surface area contributed by atoms with Gasteiger partial charge < -0.3 is 14.4 Å². The Kier molecular flexibility index (Phi) is 6.52. The molecule has 1 heterocycles. The highest BCUT2D eigenvalue weighted by molar-refractivity contribution is 7.55. The van der Waals surface area contributed by atoms with Crippen molar-refractivity contribution in [2.24, 2.45) is 0 Å². The van der Waals surface area contributed by atoms with Crippen LogP contribution in [0.3, 0.4) is 0 Å². The summed E-state index contributed by atoms with van der Waals surface area (Å²) in [5.41, 5.74) is 1.21. The van der Waals surface area contributed by atoms with Crippen molar-refractivity contribution in [2.45, 2.75) is 12.7 Å². The number of hydrogen-bond acceptors (Lipinski definition) is 5. The van der Waals surface area contributed by atoms with E-state index in [1.165, 1.54) is 12.1 Å². The van der Waals surface area contributed by atoms with Gasteiger partial charge in [-0.15, -0.1) is 0 Å². The molecule has 7 heteroatoms. The summed E-state index contributed by atoms with van der Waals surface area (Å²) >= 11 is 0. The number of benzene rings is 3. The summed E-state index contributed by atoms with van der Waals surface area (Å²) in [5.74, 6) is -0.699. The van der Waals surface area contributed by atoms with Crippen LogP contribution in [0.2, 0.25) is 0 Å². The largest absolute Gasteiger partial charge is 0.459 e. The van der Waals surface area contributed by atoms with Crippen molar-refractivity contribution in [3.05, 3.63) is 120 Å². The third kappa shape index (κ3) is 5.16. The molecule has 162 valence electrons. The molecule has 3 aromatic carbocycles. The number of nitrogens with zero attached hydrogens (tertiary/aromatic N) is 1. The van der Waals surface area contributed by atoms with Gasteiger partial charge in [-0.3, -0.25) is 4.98 Å². The molecule has 0 saturated carbocycles. The maximum atomic E-state index is 14.4. The first-order valence-electron chi connectivity index (χ1n) is 10.1. The van der Waals surface area contributed by atoms with E-state index in [-0.39, 0.29) is 5.69 Å². The molecule has 0 aliphatic rings. The van der Waals surface area contributed by atoms with E-state index in [0.717, 1.165) is 0 Å². The molecule has 1 N–H and O–H groups in total. The summed E-state index contributed by atoms with van der Waals surface area (Å²) in [6.45, 7) is 1.56. The first-order valence-corrected chi connectivity index (χ1v) is 11.7. The zero-order chi connectivity index (χ0) is 22.4. The summed E-state index contributed by atoms with van der Waals surface area (Å²) in [6, 6.07) is 29.6. The van der Waals surface area contributed by atoms with Crippen molar-refractivity contribution in [1.29, 1.82) is 0 Å². The lowest BCUT2D eigenvalue weighted by Crippen LogP contribution is -2.19. The molecule has 0 bridgehead atoms. The first-order chi connectivity index (χ1) is 15.5. The summed E-state index contributed by atoms with van der Waals surface area (Å²) in [7, 11) is -3.99. The molecule has 1 aromatic heterocycles. The van der Waals surface area contributed by atoms with Gasteiger partial charge in [0, 0.05) is 5.69 Å². The lowest BCUT2D eigenvalue weighted by molar-refractivity contribution is 0.375. The predicted molar refractivity (Wildman–Crippen MR) is 123 cm³/mol. The van der Waals surface area contributed by atoms with Crippen molar-refractivity contribution < 1.29 is 18.0 Å². The second-order valence-corrected chi connectivity index (χ2v) is 9.03. The second kappa shape index (κ2) is 9.67. The smallest absolute Gasteiger partial charge is 0.414 e. The fraction of sp³-hybridized carbons (Fsp3) is 0.0800. The van der Waals surface area contributed by atoms with Crippen LogP contribution in [0.5, 0.6) is 11.5 Å². The highest BCUT2D eigenvalue weighted by Crippen LogP contribution is 2.59. The van der Waals surface area contributed by atoms with Gasteiger partial charge >= 0.3 is 7.60 Å². The van der Waals surface area contributed by atoms with Crippen molar-refractivity contribution in [3.63, 3.8) is 0 Å². The van der Waals surface area contributed by atoms with E-state index in [1.807, 2.05) is 42.5 Å². The van der Waals surface area contributed by atoms with Crippen molar-refractivity contribution >= 4 is 13.3 Å². The third-order valence-corrected chi connectivity index (χ3v) is 6.62. The number of nitrogens with one attached hydrogen (secondary N) is 1. The molecule has 0 spiro atoms. The Morgan fingerprint density at radius 3 is 1.78 bits per heavy atom. The lowest BCUT2D eigenvalue weighted by atomic mass is 10.2. The maximum absolute atomic E-state index is 14.4. The minimum atomic E-state index is -3.99. The third-order valence-electron chi connectivity index (χ3n) is 4.67. The molecule has 0 saturated heterocycles. The number of anilines is 1. The molecule has 0 aliphatic carbocycles. The minimum absolute atomic E-state index is 0.188. The van der Waals surface area contributed by atoms with E-state index in [4.69, 9.17) is 9.05 Å². The molecule has 0 fully saturated rings. The van der Waals surface area contributed by atoms with Gasteiger partial charge in [0.15, 0.2) is 5.78 Å². The van der Waals surface area contributed by atoms with Gasteiger partial charge in [0.05, 0.1) is 11.4 Å². The molecule has 0 aliphatic heterocycles.